The minimum Gasteiger partial charge on any atom is -0.378 e. The summed E-state index contributed by atoms with van der Waals surface area (Å²) in [4.78, 5) is 13.8. The number of hydrogen-bond acceptors (Lipinski definition) is 2. The van der Waals surface area contributed by atoms with Crippen LogP contribution >= 0.6 is 0 Å². The van der Waals surface area contributed by atoms with E-state index in [0.717, 1.165) is 29.7 Å². The molecule has 1 saturated carbocycles. The van der Waals surface area contributed by atoms with Crippen LogP contribution in [-0.4, -0.2) is 26.2 Å². The smallest absolute Gasteiger partial charge is 0.319 e. The van der Waals surface area contributed by atoms with Crippen LogP contribution in [-0.2, 0) is 0 Å². The summed E-state index contributed by atoms with van der Waals surface area (Å²) in [6.07, 6.45) is 6.33. The zero-order valence-electron chi connectivity index (χ0n) is 14.1. The summed E-state index contributed by atoms with van der Waals surface area (Å²) >= 11 is 0. The highest BCUT2D eigenvalue weighted by Gasteiger charge is 2.23. The van der Waals surface area contributed by atoms with Gasteiger partial charge >= 0.3 is 6.03 Å². The Morgan fingerprint density at radius 1 is 0.958 bits per heavy atom. The van der Waals surface area contributed by atoms with Gasteiger partial charge in [-0.05, 0) is 48.2 Å². The standard InChI is InChI=1S/C20H23N3O/c1-23(2)19-13-7-16(8-14-19)4-3-15-5-9-17(10-6-15)21-20(24)22-18-11-12-18/h3-10,13-14,18H,11-12H2,1-2H3,(H2,21,22,24). The van der Waals surface area contributed by atoms with Gasteiger partial charge in [0.15, 0.2) is 0 Å². The number of nitrogens with one attached hydrogen (secondary N) is 2. The van der Waals surface area contributed by atoms with Gasteiger partial charge in [-0.25, -0.2) is 4.79 Å². The Bertz CT molecular complexity index is 714. The van der Waals surface area contributed by atoms with Crippen LogP contribution in [0.5, 0.6) is 0 Å². The molecule has 4 heteroatoms. The van der Waals surface area contributed by atoms with Crippen LogP contribution in [0.2, 0.25) is 0 Å². The highest BCUT2D eigenvalue weighted by Crippen LogP contribution is 2.19. The van der Waals surface area contributed by atoms with E-state index in [4.69, 9.17) is 0 Å². The molecule has 3 rings (SSSR count). The first-order chi connectivity index (χ1) is 11.6. The molecule has 24 heavy (non-hydrogen) atoms. The fourth-order valence-corrected chi connectivity index (χ4v) is 2.33. The van der Waals surface area contributed by atoms with E-state index in [1.165, 1.54) is 5.69 Å². The second-order valence-electron chi connectivity index (χ2n) is 6.31. The van der Waals surface area contributed by atoms with Crippen LogP contribution in [0.25, 0.3) is 12.2 Å². The maximum atomic E-state index is 11.7. The Balaban J connectivity index is 1.57. The SMILES string of the molecule is CN(C)c1ccc(C=Cc2ccc(NC(=O)NC3CC3)cc2)cc1. The highest BCUT2D eigenvalue weighted by atomic mass is 16.2. The number of urea groups is 1. The van der Waals surface area contributed by atoms with Crippen molar-refractivity contribution < 1.29 is 4.79 Å². The summed E-state index contributed by atoms with van der Waals surface area (Å²) in [5.41, 5.74) is 4.25. The Hall–Kier alpha value is -2.75. The predicted octanol–water partition coefficient (Wildman–Crippen LogP) is 4.21. The van der Waals surface area contributed by atoms with E-state index in [-0.39, 0.29) is 6.03 Å². The van der Waals surface area contributed by atoms with Gasteiger partial charge in [0.2, 0.25) is 0 Å². The topological polar surface area (TPSA) is 44.4 Å². The summed E-state index contributed by atoms with van der Waals surface area (Å²) in [7, 11) is 4.07. The number of carbonyl (C=O) groups is 1. The molecule has 0 spiro atoms. The van der Waals surface area contributed by atoms with Gasteiger partial charge in [-0.2, -0.15) is 0 Å². The Labute approximate surface area is 143 Å². The lowest BCUT2D eigenvalue weighted by atomic mass is 10.1. The lowest BCUT2D eigenvalue weighted by Crippen LogP contribution is -2.30. The second kappa shape index (κ2) is 7.21. The average molecular weight is 321 g/mol. The minimum atomic E-state index is -0.123. The van der Waals surface area contributed by atoms with Crippen LogP contribution in [0, 0.1) is 0 Å². The van der Waals surface area contributed by atoms with Crippen molar-refractivity contribution >= 4 is 29.6 Å². The van der Waals surface area contributed by atoms with E-state index in [9.17, 15) is 4.79 Å². The highest BCUT2D eigenvalue weighted by molar-refractivity contribution is 5.89. The van der Waals surface area contributed by atoms with Crippen molar-refractivity contribution in [3.63, 3.8) is 0 Å². The normalized spacial score (nSPS) is 13.8. The molecular weight excluding hydrogens is 298 g/mol. The van der Waals surface area contributed by atoms with E-state index in [2.05, 4.69) is 52.0 Å². The van der Waals surface area contributed by atoms with Crippen LogP contribution in [0.4, 0.5) is 16.2 Å². The molecule has 0 atom stereocenters. The Kier molecular flexibility index (Phi) is 4.85. The molecule has 0 unspecified atom stereocenters. The largest absolute Gasteiger partial charge is 0.378 e. The molecule has 0 saturated heterocycles. The monoisotopic (exact) mass is 321 g/mol. The molecular formula is C20H23N3O. The lowest BCUT2D eigenvalue weighted by Gasteiger charge is -2.11. The maximum Gasteiger partial charge on any atom is 0.319 e. The number of rotatable bonds is 5. The van der Waals surface area contributed by atoms with Crippen molar-refractivity contribution in [2.75, 3.05) is 24.3 Å². The number of amides is 2. The molecule has 2 aromatic carbocycles. The molecule has 1 aliphatic carbocycles. The first-order valence-corrected chi connectivity index (χ1v) is 8.23. The lowest BCUT2D eigenvalue weighted by molar-refractivity contribution is 0.251. The molecule has 0 heterocycles. The quantitative estimate of drug-likeness (QED) is 0.810. The molecule has 2 amide bonds. The Morgan fingerprint density at radius 3 is 2.00 bits per heavy atom. The van der Waals surface area contributed by atoms with Crippen molar-refractivity contribution in [1.29, 1.82) is 0 Å². The summed E-state index contributed by atoms with van der Waals surface area (Å²) in [6, 6.07) is 16.5. The maximum absolute atomic E-state index is 11.7. The molecule has 0 bridgehead atoms. The molecule has 0 aromatic heterocycles. The third-order valence-corrected chi connectivity index (χ3v) is 3.96. The molecule has 1 aliphatic rings. The third kappa shape index (κ3) is 4.62. The predicted molar refractivity (Wildman–Crippen MR) is 101 cm³/mol. The molecule has 0 aliphatic heterocycles. The summed E-state index contributed by atoms with van der Waals surface area (Å²) in [5, 5.41) is 5.76. The van der Waals surface area contributed by atoms with Crippen molar-refractivity contribution in [3.05, 3.63) is 59.7 Å². The van der Waals surface area contributed by atoms with E-state index < -0.39 is 0 Å². The third-order valence-electron chi connectivity index (χ3n) is 3.96. The average Bonchev–Trinajstić information content (AvgIpc) is 3.38. The molecule has 2 aromatic rings. The minimum absolute atomic E-state index is 0.123. The van der Waals surface area contributed by atoms with E-state index in [0.29, 0.717) is 6.04 Å². The van der Waals surface area contributed by atoms with Crippen LogP contribution in [0.3, 0.4) is 0 Å². The first-order valence-electron chi connectivity index (χ1n) is 8.23. The molecule has 2 N–H and O–H groups in total. The van der Waals surface area contributed by atoms with Crippen molar-refractivity contribution in [2.24, 2.45) is 0 Å². The molecule has 0 radical (unpaired) electrons. The number of nitrogens with zero attached hydrogens (tertiary/aromatic N) is 1. The van der Waals surface area contributed by atoms with E-state index in [1.807, 2.05) is 38.4 Å². The Morgan fingerprint density at radius 2 is 1.50 bits per heavy atom. The molecule has 4 nitrogen and oxygen atoms in total. The molecule has 124 valence electrons. The molecule has 1 fully saturated rings. The van der Waals surface area contributed by atoms with E-state index in [1.54, 1.807) is 0 Å². The summed E-state index contributed by atoms with van der Waals surface area (Å²) < 4.78 is 0. The summed E-state index contributed by atoms with van der Waals surface area (Å²) in [6.45, 7) is 0. The van der Waals surface area contributed by atoms with Crippen molar-refractivity contribution in [2.45, 2.75) is 18.9 Å². The van der Waals surface area contributed by atoms with Gasteiger partial charge in [-0.3, -0.25) is 0 Å². The van der Waals surface area contributed by atoms with Crippen LogP contribution in [0.1, 0.15) is 24.0 Å². The van der Waals surface area contributed by atoms with Crippen LogP contribution < -0.4 is 15.5 Å². The summed E-state index contributed by atoms with van der Waals surface area (Å²) in [5.74, 6) is 0. The van der Waals surface area contributed by atoms with Gasteiger partial charge in [-0.1, -0.05) is 36.4 Å². The van der Waals surface area contributed by atoms with Gasteiger partial charge in [0.25, 0.3) is 0 Å². The van der Waals surface area contributed by atoms with Crippen molar-refractivity contribution in [1.82, 2.24) is 5.32 Å². The van der Waals surface area contributed by atoms with Crippen LogP contribution in [0.15, 0.2) is 48.5 Å². The van der Waals surface area contributed by atoms with Crippen molar-refractivity contribution in [3.8, 4) is 0 Å². The van der Waals surface area contributed by atoms with Gasteiger partial charge in [-0.15, -0.1) is 0 Å². The number of benzene rings is 2. The number of hydrogen-bond donors (Lipinski definition) is 2. The fraction of sp³-hybridized carbons (Fsp3) is 0.250. The zero-order valence-corrected chi connectivity index (χ0v) is 14.1. The fourth-order valence-electron chi connectivity index (χ4n) is 2.33. The first kappa shape index (κ1) is 16.1. The van der Waals surface area contributed by atoms with Gasteiger partial charge in [0.1, 0.15) is 0 Å². The van der Waals surface area contributed by atoms with Gasteiger partial charge in [0.05, 0.1) is 0 Å². The second-order valence-corrected chi connectivity index (χ2v) is 6.31. The van der Waals surface area contributed by atoms with Gasteiger partial charge < -0.3 is 15.5 Å². The van der Waals surface area contributed by atoms with E-state index >= 15 is 0 Å². The zero-order chi connectivity index (χ0) is 16.9. The number of carbonyl (C=O) groups excluding carboxylic acids is 1. The van der Waals surface area contributed by atoms with Gasteiger partial charge in [0, 0.05) is 31.5 Å². The number of anilines is 2.